The lowest BCUT2D eigenvalue weighted by Crippen LogP contribution is -2.24. The van der Waals surface area contributed by atoms with E-state index in [9.17, 15) is 13.2 Å². The maximum Gasteiger partial charge on any atom is 0.244 e. The molecule has 0 bridgehead atoms. The minimum atomic E-state index is -3.30. The topological polar surface area (TPSA) is 75.3 Å². The third-order valence-corrected chi connectivity index (χ3v) is 4.72. The molecule has 132 valence electrons. The molecule has 0 saturated heterocycles. The molecule has 0 aliphatic carbocycles. The summed E-state index contributed by atoms with van der Waals surface area (Å²) in [5, 5.41) is 2.87. The number of carbonyl (C=O) groups excluding carboxylic acids is 1. The fourth-order valence-corrected chi connectivity index (χ4v) is 3.16. The SMILES string of the molecule is CC(NC(=O)C=Cc1ccccc1Br)c1ccc(NS(C)(=O)=O)cc1. The van der Waals surface area contributed by atoms with Gasteiger partial charge in [0.05, 0.1) is 12.3 Å². The maximum absolute atomic E-state index is 12.1. The first-order valence-corrected chi connectivity index (χ1v) is 10.2. The zero-order valence-corrected chi connectivity index (χ0v) is 16.3. The van der Waals surface area contributed by atoms with Crippen molar-refractivity contribution in [2.75, 3.05) is 11.0 Å². The number of hydrogen-bond acceptors (Lipinski definition) is 3. The van der Waals surface area contributed by atoms with Crippen molar-refractivity contribution in [3.8, 4) is 0 Å². The molecule has 1 atom stereocenters. The van der Waals surface area contributed by atoms with Crippen molar-refractivity contribution >= 4 is 43.6 Å². The highest BCUT2D eigenvalue weighted by Crippen LogP contribution is 2.18. The number of halogens is 1. The highest BCUT2D eigenvalue weighted by molar-refractivity contribution is 9.10. The molecule has 0 aliphatic heterocycles. The molecule has 0 aromatic heterocycles. The maximum atomic E-state index is 12.1. The molecule has 2 rings (SSSR count). The van der Waals surface area contributed by atoms with Crippen LogP contribution in [0.4, 0.5) is 5.69 Å². The van der Waals surface area contributed by atoms with Crippen molar-refractivity contribution in [3.05, 3.63) is 70.2 Å². The van der Waals surface area contributed by atoms with Crippen molar-refractivity contribution in [2.24, 2.45) is 0 Å². The van der Waals surface area contributed by atoms with Gasteiger partial charge < -0.3 is 5.32 Å². The van der Waals surface area contributed by atoms with Crippen LogP contribution in [0.15, 0.2) is 59.1 Å². The Morgan fingerprint density at radius 1 is 1.12 bits per heavy atom. The number of sulfonamides is 1. The van der Waals surface area contributed by atoms with E-state index in [1.54, 1.807) is 30.3 Å². The molecule has 5 nitrogen and oxygen atoms in total. The number of carbonyl (C=O) groups is 1. The van der Waals surface area contributed by atoms with E-state index in [0.29, 0.717) is 5.69 Å². The smallest absolute Gasteiger partial charge is 0.244 e. The van der Waals surface area contributed by atoms with Crippen LogP contribution in [-0.2, 0) is 14.8 Å². The quantitative estimate of drug-likeness (QED) is 0.696. The van der Waals surface area contributed by atoms with Gasteiger partial charge in [-0.3, -0.25) is 9.52 Å². The molecule has 1 amide bonds. The molecule has 25 heavy (non-hydrogen) atoms. The van der Waals surface area contributed by atoms with Crippen molar-refractivity contribution < 1.29 is 13.2 Å². The van der Waals surface area contributed by atoms with Crippen LogP contribution in [0, 0.1) is 0 Å². The second-order valence-electron chi connectivity index (χ2n) is 5.58. The molecule has 0 heterocycles. The first-order chi connectivity index (χ1) is 11.7. The summed E-state index contributed by atoms with van der Waals surface area (Å²) in [5.74, 6) is -0.207. The summed E-state index contributed by atoms with van der Waals surface area (Å²) in [5.41, 5.74) is 2.28. The Morgan fingerprint density at radius 3 is 2.36 bits per heavy atom. The van der Waals surface area contributed by atoms with E-state index in [4.69, 9.17) is 0 Å². The van der Waals surface area contributed by atoms with Crippen LogP contribution in [0.25, 0.3) is 6.08 Å². The lowest BCUT2D eigenvalue weighted by molar-refractivity contribution is -0.117. The van der Waals surface area contributed by atoms with E-state index in [-0.39, 0.29) is 11.9 Å². The van der Waals surface area contributed by atoms with Gasteiger partial charge in [0.1, 0.15) is 0 Å². The normalized spacial score (nSPS) is 12.8. The van der Waals surface area contributed by atoms with Crippen molar-refractivity contribution in [1.29, 1.82) is 0 Å². The zero-order chi connectivity index (χ0) is 18.4. The first-order valence-electron chi connectivity index (χ1n) is 7.55. The fraction of sp³-hybridized carbons (Fsp3) is 0.167. The summed E-state index contributed by atoms with van der Waals surface area (Å²) in [6, 6.07) is 14.3. The minimum Gasteiger partial charge on any atom is -0.346 e. The first kappa shape index (κ1) is 19.2. The molecule has 0 aliphatic rings. The Bertz CT molecular complexity index is 877. The molecule has 0 saturated carbocycles. The highest BCUT2D eigenvalue weighted by Gasteiger charge is 2.08. The molecule has 0 spiro atoms. The summed E-state index contributed by atoms with van der Waals surface area (Å²) in [7, 11) is -3.30. The van der Waals surface area contributed by atoms with Gasteiger partial charge in [0, 0.05) is 16.2 Å². The largest absolute Gasteiger partial charge is 0.346 e. The van der Waals surface area contributed by atoms with Crippen molar-refractivity contribution in [1.82, 2.24) is 5.32 Å². The Morgan fingerprint density at radius 2 is 1.76 bits per heavy atom. The predicted octanol–water partition coefficient (Wildman–Crippen LogP) is 3.71. The second kappa shape index (κ2) is 8.31. The summed E-state index contributed by atoms with van der Waals surface area (Å²) >= 11 is 3.43. The minimum absolute atomic E-state index is 0.205. The van der Waals surface area contributed by atoms with E-state index in [0.717, 1.165) is 21.9 Å². The Labute approximate surface area is 156 Å². The Kier molecular flexibility index (Phi) is 6.39. The Hall–Kier alpha value is -2.12. The van der Waals surface area contributed by atoms with E-state index in [2.05, 4.69) is 26.0 Å². The average molecular weight is 423 g/mol. The van der Waals surface area contributed by atoms with Crippen LogP contribution in [0.5, 0.6) is 0 Å². The highest BCUT2D eigenvalue weighted by atomic mass is 79.9. The fourth-order valence-electron chi connectivity index (χ4n) is 2.17. The van der Waals surface area contributed by atoms with Crippen LogP contribution in [0.3, 0.4) is 0 Å². The lowest BCUT2D eigenvalue weighted by atomic mass is 10.1. The number of anilines is 1. The summed E-state index contributed by atoms with van der Waals surface area (Å²) in [6.45, 7) is 1.86. The number of benzene rings is 2. The number of nitrogens with one attached hydrogen (secondary N) is 2. The molecule has 2 aromatic carbocycles. The summed E-state index contributed by atoms with van der Waals surface area (Å²) in [6.07, 6.45) is 4.32. The molecule has 7 heteroatoms. The van der Waals surface area contributed by atoms with Gasteiger partial charge in [0.15, 0.2) is 0 Å². The molecule has 0 radical (unpaired) electrons. The lowest BCUT2D eigenvalue weighted by Gasteiger charge is -2.14. The summed E-state index contributed by atoms with van der Waals surface area (Å²) < 4.78 is 25.7. The second-order valence-corrected chi connectivity index (χ2v) is 8.18. The van der Waals surface area contributed by atoms with Crippen LogP contribution >= 0.6 is 15.9 Å². The summed E-state index contributed by atoms with van der Waals surface area (Å²) in [4.78, 5) is 12.1. The van der Waals surface area contributed by atoms with Crippen LogP contribution in [-0.4, -0.2) is 20.6 Å². The van der Waals surface area contributed by atoms with Gasteiger partial charge in [-0.25, -0.2) is 8.42 Å². The monoisotopic (exact) mass is 422 g/mol. The van der Waals surface area contributed by atoms with Gasteiger partial charge in [-0.05, 0) is 42.3 Å². The zero-order valence-electron chi connectivity index (χ0n) is 13.9. The van der Waals surface area contributed by atoms with Gasteiger partial charge in [0.25, 0.3) is 0 Å². The number of amides is 1. The molecule has 0 fully saturated rings. The standard InChI is InChI=1S/C18H19BrN2O3S/c1-13(14-7-10-16(11-8-14)21-25(2,23)24)20-18(22)12-9-15-5-3-4-6-17(15)19/h3-13,21H,1-2H3,(H,20,22). The van der Waals surface area contributed by atoms with Crippen molar-refractivity contribution in [2.45, 2.75) is 13.0 Å². The molecule has 1 unspecified atom stereocenters. The van der Waals surface area contributed by atoms with Gasteiger partial charge in [0.2, 0.25) is 15.9 Å². The van der Waals surface area contributed by atoms with Crippen LogP contribution in [0.1, 0.15) is 24.1 Å². The third kappa shape index (κ3) is 6.36. The van der Waals surface area contributed by atoms with Gasteiger partial charge in [-0.2, -0.15) is 0 Å². The molecular formula is C18H19BrN2O3S. The van der Waals surface area contributed by atoms with Gasteiger partial charge in [-0.15, -0.1) is 0 Å². The third-order valence-electron chi connectivity index (χ3n) is 3.39. The van der Waals surface area contributed by atoms with Crippen LogP contribution < -0.4 is 10.0 Å². The number of rotatable bonds is 6. The Balaban J connectivity index is 1.98. The van der Waals surface area contributed by atoms with Crippen LogP contribution in [0.2, 0.25) is 0 Å². The molecule has 2 aromatic rings. The van der Waals surface area contributed by atoms with E-state index in [1.807, 2.05) is 31.2 Å². The number of hydrogen-bond donors (Lipinski definition) is 2. The molecular weight excluding hydrogens is 404 g/mol. The average Bonchev–Trinajstić information content (AvgIpc) is 2.53. The van der Waals surface area contributed by atoms with E-state index < -0.39 is 10.0 Å². The van der Waals surface area contributed by atoms with E-state index >= 15 is 0 Å². The van der Waals surface area contributed by atoms with Gasteiger partial charge >= 0.3 is 0 Å². The van der Waals surface area contributed by atoms with E-state index in [1.165, 1.54) is 6.08 Å². The molecule has 2 N–H and O–H groups in total. The predicted molar refractivity (Wildman–Crippen MR) is 105 cm³/mol. The van der Waals surface area contributed by atoms with Gasteiger partial charge in [-0.1, -0.05) is 46.3 Å². The van der Waals surface area contributed by atoms with Crippen molar-refractivity contribution in [3.63, 3.8) is 0 Å².